The van der Waals surface area contributed by atoms with E-state index in [1.54, 1.807) is 24.0 Å². The third-order valence-corrected chi connectivity index (χ3v) is 5.81. The third-order valence-electron chi connectivity index (χ3n) is 4.80. The van der Waals surface area contributed by atoms with Crippen molar-refractivity contribution >= 4 is 17.7 Å². The largest absolute Gasteiger partial charge is 0.378 e. The van der Waals surface area contributed by atoms with Crippen molar-refractivity contribution in [2.45, 2.75) is 31.0 Å². The highest BCUT2D eigenvalue weighted by Crippen LogP contribution is 2.28. The van der Waals surface area contributed by atoms with E-state index in [4.69, 9.17) is 4.74 Å². The highest BCUT2D eigenvalue weighted by atomic mass is 32.2. The highest BCUT2D eigenvalue weighted by Gasteiger charge is 2.21. The zero-order valence-electron chi connectivity index (χ0n) is 16.3. The summed E-state index contributed by atoms with van der Waals surface area (Å²) in [4.78, 5) is 2.15. The number of rotatable bonds is 9. The van der Waals surface area contributed by atoms with Crippen molar-refractivity contribution in [2.75, 3.05) is 37.0 Å². The summed E-state index contributed by atoms with van der Waals surface area (Å²) in [6.45, 7) is 3.78. The van der Waals surface area contributed by atoms with Gasteiger partial charge < -0.3 is 9.64 Å². The van der Waals surface area contributed by atoms with E-state index in [9.17, 15) is 4.39 Å². The van der Waals surface area contributed by atoms with Crippen LogP contribution in [0.25, 0.3) is 5.69 Å². The van der Waals surface area contributed by atoms with Gasteiger partial charge >= 0.3 is 0 Å². The number of hydrogen-bond acceptors (Lipinski definition) is 6. The van der Waals surface area contributed by atoms with Gasteiger partial charge in [0.05, 0.1) is 18.9 Å². The van der Waals surface area contributed by atoms with Crippen molar-refractivity contribution in [2.24, 2.45) is 0 Å². The minimum Gasteiger partial charge on any atom is -0.378 e. The summed E-state index contributed by atoms with van der Waals surface area (Å²) in [5.74, 6) is 1.43. The first kappa shape index (κ1) is 19.9. The quantitative estimate of drug-likeness (QED) is 0.394. The van der Waals surface area contributed by atoms with Gasteiger partial charge in [-0.2, -0.15) is 5.10 Å². The molecule has 154 valence electrons. The van der Waals surface area contributed by atoms with Gasteiger partial charge in [-0.1, -0.05) is 24.2 Å². The van der Waals surface area contributed by atoms with Crippen molar-refractivity contribution in [3.63, 3.8) is 0 Å². The number of unbranched alkanes of at least 4 members (excludes halogenated alkanes) is 2. The van der Waals surface area contributed by atoms with Crippen LogP contribution in [0, 0.1) is 5.82 Å². The number of morpholine rings is 1. The average molecular weight is 417 g/mol. The third kappa shape index (κ3) is 5.16. The molecule has 9 heteroatoms. The van der Waals surface area contributed by atoms with E-state index in [0.29, 0.717) is 13.2 Å². The number of ether oxygens (including phenoxy) is 1. The molecule has 7 nitrogen and oxygen atoms in total. The van der Waals surface area contributed by atoms with Crippen LogP contribution < -0.4 is 4.90 Å². The molecule has 0 spiro atoms. The molecule has 1 aromatic carbocycles. The van der Waals surface area contributed by atoms with Crippen LogP contribution in [-0.2, 0) is 11.3 Å². The smallest absolute Gasteiger partial charge is 0.232 e. The molecule has 0 aliphatic carbocycles. The summed E-state index contributed by atoms with van der Waals surface area (Å²) in [7, 11) is 0. The summed E-state index contributed by atoms with van der Waals surface area (Å²) in [6, 6.07) is 8.54. The van der Waals surface area contributed by atoms with E-state index in [0.717, 1.165) is 61.4 Å². The topological polar surface area (TPSA) is 61.0 Å². The number of anilines is 1. The number of nitrogens with zero attached hydrogens (tertiary/aromatic N) is 6. The van der Waals surface area contributed by atoms with Gasteiger partial charge in [-0.05, 0) is 37.1 Å². The molecule has 1 saturated heterocycles. The molecule has 0 atom stereocenters. The monoisotopic (exact) mass is 416 g/mol. The SMILES string of the molecule is Fc1cccc(-n2c(SCCCCCn3cccn3)nnc2N2CCOCC2)c1. The van der Waals surface area contributed by atoms with Crippen molar-refractivity contribution in [3.8, 4) is 5.69 Å². The molecule has 0 N–H and O–H groups in total. The Bertz CT molecular complexity index is 894. The Kier molecular flexibility index (Phi) is 6.79. The standard InChI is InChI=1S/C20H25FN6OS/c21-17-6-4-7-18(16-17)27-19(25-11-13-28-14-12-25)23-24-20(27)29-15-3-1-2-9-26-10-5-8-22-26/h4-8,10,16H,1-3,9,11-15H2. The molecular formula is C20H25FN6OS. The van der Waals surface area contributed by atoms with Crippen LogP contribution in [0.1, 0.15) is 19.3 Å². The van der Waals surface area contributed by atoms with Crippen molar-refractivity contribution in [3.05, 3.63) is 48.5 Å². The van der Waals surface area contributed by atoms with E-state index < -0.39 is 0 Å². The maximum Gasteiger partial charge on any atom is 0.232 e. The molecule has 2 aromatic heterocycles. The van der Waals surface area contributed by atoms with Crippen LogP contribution in [-0.4, -0.2) is 56.6 Å². The number of halogens is 1. The Hall–Kier alpha value is -2.39. The normalized spacial score (nSPS) is 14.4. The second-order valence-corrected chi connectivity index (χ2v) is 7.94. The van der Waals surface area contributed by atoms with E-state index in [2.05, 4.69) is 20.2 Å². The molecule has 0 saturated carbocycles. The van der Waals surface area contributed by atoms with Gasteiger partial charge in [0.15, 0.2) is 5.16 Å². The summed E-state index contributed by atoms with van der Waals surface area (Å²) in [5.41, 5.74) is 0.748. The van der Waals surface area contributed by atoms with Gasteiger partial charge in [0.2, 0.25) is 5.95 Å². The van der Waals surface area contributed by atoms with Crippen LogP contribution in [0.4, 0.5) is 10.3 Å². The van der Waals surface area contributed by atoms with Crippen LogP contribution in [0.3, 0.4) is 0 Å². The lowest BCUT2D eigenvalue weighted by molar-refractivity contribution is 0.122. The first-order chi connectivity index (χ1) is 14.3. The second kappa shape index (κ2) is 9.89. The van der Waals surface area contributed by atoms with E-state index in [1.165, 1.54) is 12.1 Å². The number of aryl methyl sites for hydroxylation is 1. The molecule has 0 unspecified atom stereocenters. The Labute approximate surface area is 173 Å². The zero-order valence-corrected chi connectivity index (χ0v) is 17.1. The maximum atomic E-state index is 13.9. The minimum absolute atomic E-state index is 0.265. The van der Waals surface area contributed by atoms with Gasteiger partial charge in [0, 0.05) is 37.8 Å². The van der Waals surface area contributed by atoms with Crippen molar-refractivity contribution in [1.82, 2.24) is 24.5 Å². The number of benzene rings is 1. The summed E-state index contributed by atoms with van der Waals surface area (Å²) in [6.07, 6.45) is 7.09. The molecule has 4 rings (SSSR count). The lowest BCUT2D eigenvalue weighted by Gasteiger charge is -2.27. The Balaban J connectivity index is 1.41. The van der Waals surface area contributed by atoms with Gasteiger partial charge in [-0.25, -0.2) is 4.39 Å². The zero-order chi connectivity index (χ0) is 19.9. The molecule has 3 heterocycles. The number of hydrogen-bond donors (Lipinski definition) is 0. The Morgan fingerprint density at radius 3 is 2.76 bits per heavy atom. The molecule has 0 bridgehead atoms. The summed E-state index contributed by atoms with van der Waals surface area (Å²) >= 11 is 1.67. The van der Waals surface area contributed by atoms with Crippen LogP contribution in [0.2, 0.25) is 0 Å². The average Bonchev–Trinajstić information content (AvgIpc) is 3.41. The first-order valence-electron chi connectivity index (χ1n) is 9.95. The molecule has 1 fully saturated rings. The highest BCUT2D eigenvalue weighted by molar-refractivity contribution is 7.99. The van der Waals surface area contributed by atoms with Gasteiger partial charge in [0.1, 0.15) is 5.82 Å². The van der Waals surface area contributed by atoms with Crippen LogP contribution in [0.5, 0.6) is 0 Å². The maximum absolute atomic E-state index is 13.9. The lowest BCUT2D eigenvalue weighted by atomic mass is 10.2. The first-order valence-corrected chi connectivity index (χ1v) is 10.9. The van der Waals surface area contributed by atoms with Crippen molar-refractivity contribution < 1.29 is 9.13 Å². The van der Waals surface area contributed by atoms with E-state index in [-0.39, 0.29) is 5.82 Å². The van der Waals surface area contributed by atoms with Gasteiger partial charge in [-0.15, -0.1) is 10.2 Å². The second-order valence-electron chi connectivity index (χ2n) is 6.88. The lowest BCUT2D eigenvalue weighted by Crippen LogP contribution is -2.37. The summed E-state index contributed by atoms with van der Waals surface area (Å²) < 4.78 is 23.2. The molecule has 1 aliphatic rings. The fraction of sp³-hybridized carbons (Fsp3) is 0.450. The molecule has 1 aliphatic heterocycles. The van der Waals surface area contributed by atoms with E-state index >= 15 is 0 Å². The Morgan fingerprint density at radius 1 is 1.07 bits per heavy atom. The minimum atomic E-state index is -0.265. The predicted molar refractivity (Wildman–Crippen MR) is 111 cm³/mol. The molecule has 29 heavy (non-hydrogen) atoms. The number of aromatic nitrogens is 5. The predicted octanol–water partition coefficient (Wildman–Crippen LogP) is 3.40. The Morgan fingerprint density at radius 2 is 1.97 bits per heavy atom. The molecule has 3 aromatic rings. The van der Waals surface area contributed by atoms with Gasteiger partial charge in [-0.3, -0.25) is 9.25 Å². The van der Waals surface area contributed by atoms with E-state index in [1.807, 2.05) is 27.6 Å². The fourth-order valence-corrected chi connectivity index (χ4v) is 4.26. The van der Waals surface area contributed by atoms with Gasteiger partial charge in [0.25, 0.3) is 0 Å². The molecule has 0 amide bonds. The van der Waals surface area contributed by atoms with Crippen molar-refractivity contribution in [1.29, 1.82) is 0 Å². The fourth-order valence-electron chi connectivity index (χ4n) is 3.31. The number of thioether (sulfide) groups is 1. The molecule has 0 radical (unpaired) electrons. The summed E-state index contributed by atoms with van der Waals surface area (Å²) in [5, 5.41) is 13.9. The molecular weight excluding hydrogens is 391 g/mol. The van der Waals surface area contributed by atoms with Crippen LogP contribution >= 0.6 is 11.8 Å². The van der Waals surface area contributed by atoms with Crippen LogP contribution in [0.15, 0.2) is 47.9 Å².